The normalized spacial score (nSPS) is 41.4. The Hall–Kier alpha value is -0.165. The zero-order chi connectivity index (χ0) is 22.0. The van der Waals surface area contributed by atoms with Gasteiger partial charge in [0.05, 0.1) is 24.9 Å². The molecule has 4 N–H and O–H groups in total. The maximum Gasteiger partial charge on any atom is 0.111 e. The van der Waals surface area contributed by atoms with Crippen molar-refractivity contribution in [1.82, 2.24) is 0 Å². The van der Waals surface area contributed by atoms with E-state index in [1.807, 2.05) is 13.8 Å². The van der Waals surface area contributed by atoms with Gasteiger partial charge in [-0.2, -0.15) is 0 Å². The van der Waals surface area contributed by atoms with Gasteiger partial charge in [0.1, 0.15) is 42.9 Å². The second kappa shape index (κ2) is 14.0. The maximum atomic E-state index is 9.09. The Labute approximate surface area is 176 Å². The molecule has 0 aromatic heterocycles. The van der Waals surface area contributed by atoms with E-state index in [1.165, 1.54) is 0 Å². The Bertz CT molecular complexity index is 411. The summed E-state index contributed by atoms with van der Waals surface area (Å²) in [5.41, 5.74) is 0. The standard InChI is InChI=1S/C6H11BO3.C6H11BO2.C5H9BO4/c1-4-2-6(7)10-5(4)3-9-8;1-4-2-6(7)9-5(4)3-8;6-5-1-3(7)4(10-5)2-9-8/h4-6,8H,2-3H2,1H3;4-6,8H,2-3H2,1H3;3-5,7-8H,1-2H2/t2*4?,5-,6-;3?,4-,5-/m111/s1. The molecule has 0 aromatic carbocycles. The van der Waals surface area contributed by atoms with Gasteiger partial charge in [-0.15, -0.1) is 0 Å². The molecule has 3 heterocycles. The van der Waals surface area contributed by atoms with Crippen molar-refractivity contribution in [2.45, 2.75) is 75.5 Å². The van der Waals surface area contributed by atoms with Crippen LogP contribution in [-0.4, -0.2) is 107 Å². The summed E-state index contributed by atoms with van der Waals surface area (Å²) in [5.74, 6) is 0.784. The lowest BCUT2D eigenvalue weighted by Crippen LogP contribution is -2.25. The van der Waals surface area contributed by atoms with Gasteiger partial charge >= 0.3 is 0 Å². The minimum Gasteiger partial charge on any atom is -0.394 e. The molecular formula is C17H31B3O9. The van der Waals surface area contributed by atoms with E-state index in [9.17, 15) is 0 Å². The molecule has 0 spiro atoms. The Morgan fingerprint density at radius 2 is 1.17 bits per heavy atom. The van der Waals surface area contributed by atoms with E-state index >= 15 is 0 Å². The fourth-order valence-electron chi connectivity index (χ4n) is 3.35. The van der Waals surface area contributed by atoms with Crippen LogP contribution in [0.3, 0.4) is 0 Å². The van der Waals surface area contributed by atoms with E-state index < -0.39 is 18.2 Å². The van der Waals surface area contributed by atoms with Crippen LogP contribution in [0.25, 0.3) is 0 Å². The highest BCUT2D eigenvalue weighted by Gasteiger charge is 2.31. The van der Waals surface area contributed by atoms with Gasteiger partial charge in [0.15, 0.2) is 0 Å². The van der Waals surface area contributed by atoms with Crippen molar-refractivity contribution in [2.75, 3.05) is 19.8 Å². The van der Waals surface area contributed by atoms with E-state index in [0.717, 1.165) is 12.8 Å². The Kier molecular flexibility index (Phi) is 13.0. The average Bonchev–Trinajstić information content (AvgIpc) is 3.26. The topological polar surface area (TPSA) is 127 Å². The molecule has 3 aliphatic rings. The van der Waals surface area contributed by atoms with Gasteiger partial charge in [0.25, 0.3) is 0 Å². The molecule has 3 saturated heterocycles. The first kappa shape index (κ1) is 26.9. The van der Waals surface area contributed by atoms with Crippen molar-refractivity contribution in [1.29, 1.82) is 0 Å². The molecule has 0 saturated carbocycles. The highest BCUT2D eigenvalue weighted by Crippen LogP contribution is 2.24. The molecule has 162 valence electrons. The van der Waals surface area contributed by atoms with Crippen molar-refractivity contribution in [3.8, 4) is 0 Å². The van der Waals surface area contributed by atoms with Crippen molar-refractivity contribution < 1.29 is 44.7 Å². The van der Waals surface area contributed by atoms with Crippen molar-refractivity contribution in [2.24, 2.45) is 11.8 Å². The van der Waals surface area contributed by atoms with Gasteiger partial charge in [0, 0.05) is 18.0 Å². The predicted octanol–water partition coefficient (Wildman–Crippen LogP) is -0.586. The third-order valence-electron chi connectivity index (χ3n) is 5.09. The maximum absolute atomic E-state index is 9.09. The molecule has 0 amide bonds. The fraction of sp³-hybridized carbons (Fsp3) is 1.00. The van der Waals surface area contributed by atoms with Crippen LogP contribution >= 0.6 is 0 Å². The molecule has 3 unspecified atom stereocenters. The quantitative estimate of drug-likeness (QED) is 0.267. The molecule has 9 atom stereocenters. The smallest absolute Gasteiger partial charge is 0.111 e. The van der Waals surface area contributed by atoms with Crippen LogP contribution in [0.1, 0.15) is 33.1 Å². The van der Waals surface area contributed by atoms with Gasteiger partial charge in [-0.3, -0.25) is 10.5 Å². The molecule has 12 heteroatoms. The van der Waals surface area contributed by atoms with Gasteiger partial charge in [-0.25, -0.2) is 9.78 Å². The van der Waals surface area contributed by atoms with E-state index in [0.29, 0.717) is 18.3 Å². The first-order valence-electron chi connectivity index (χ1n) is 9.76. The lowest BCUT2D eigenvalue weighted by molar-refractivity contribution is -0.262. The number of aliphatic hydroxyl groups excluding tert-OH is 2. The van der Waals surface area contributed by atoms with Gasteiger partial charge in [0.2, 0.25) is 0 Å². The molecule has 6 radical (unpaired) electrons. The number of hydrogen-bond acceptors (Lipinski definition) is 9. The molecule has 0 aliphatic carbocycles. The van der Waals surface area contributed by atoms with Crippen LogP contribution in [0.2, 0.25) is 0 Å². The summed E-state index contributed by atoms with van der Waals surface area (Å²) in [5, 5.41) is 33.9. The van der Waals surface area contributed by atoms with Gasteiger partial charge < -0.3 is 24.4 Å². The summed E-state index contributed by atoms with van der Waals surface area (Å²) in [6.07, 6.45) is 0.926. The lowest BCUT2D eigenvalue weighted by atomic mass is 9.92. The first-order valence-corrected chi connectivity index (χ1v) is 9.76. The van der Waals surface area contributed by atoms with E-state index in [2.05, 4.69) is 9.78 Å². The van der Waals surface area contributed by atoms with E-state index in [-0.39, 0.29) is 44.0 Å². The molecule has 9 nitrogen and oxygen atoms in total. The van der Waals surface area contributed by atoms with Crippen molar-refractivity contribution in [3.63, 3.8) is 0 Å². The third-order valence-corrected chi connectivity index (χ3v) is 5.09. The predicted molar refractivity (Wildman–Crippen MR) is 106 cm³/mol. The second-order valence-corrected chi connectivity index (χ2v) is 7.64. The molecule has 0 aromatic rings. The molecule has 3 fully saturated rings. The van der Waals surface area contributed by atoms with Crippen molar-refractivity contribution in [3.05, 3.63) is 0 Å². The van der Waals surface area contributed by atoms with Crippen LogP contribution in [0.15, 0.2) is 0 Å². The minimum absolute atomic E-state index is 0.0278. The number of aliphatic hydroxyl groups is 2. The monoisotopic (exact) mass is 412 g/mol. The number of rotatable bonds is 5. The van der Waals surface area contributed by atoms with Crippen LogP contribution in [0.5, 0.6) is 0 Å². The fourth-order valence-corrected chi connectivity index (χ4v) is 3.35. The molecule has 0 bridgehead atoms. The summed E-state index contributed by atoms with van der Waals surface area (Å²) in [6, 6.07) is -0.776. The van der Waals surface area contributed by atoms with E-state index in [1.54, 1.807) is 0 Å². The highest BCUT2D eigenvalue weighted by atomic mass is 17.1. The zero-order valence-electron chi connectivity index (χ0n) is 17.0. The Balaban J connectivity index is 0.000000218. The van der Waals surface area contributed by atoms with E-state index in [4.69, 9.17) is 58.5 Å². The summed E-state index contributed by atoms with van der Waals surface area (Å²) >= 11 is 0. The highest BCUT2D eigenvalue weighted by molar-refractivity contribution is 6.11. The molecule has 3 aliphatic heterocycles. The summed E-state index contributed by atoms with van der Waals surface area (Å²) in [7, 11) is 16.3. The van der Waals surface area contributed by atoms with Crippen LogP contribution < -0.4 is 0 Å². The number of hydrogen-bond donors (Lipinski definition) is 4. The van der Waals surface area contributed by atoms with Crippen LogP contribution in [-0.2, 0) is 24.0 Å². The van der Waals surface area contributed by atoms with Crippen molar-refractivity contribution >= 4 is 23.5 Å². The Morgan fingerprint density at radius 3 is 1.48 bits per heavy atom. The van der Waals surface area contributed by atoms with Crippen LogP contribution in [0, 0.1) is 11.8 Å². The first-order chi connectivity index (χ1) is 13.7. The van der Waals surface area contributed by atoms with Crippen LogP contribution in [0.4, 0.5) is 0 Å². The van der Waals surface area contributed by atoms with Gasteiger partial charge in [-0.05, 0) is 31.1 Å². The third kappa shape index (κ3) is 9.67. The van der Waals surface area contributed by atoms with Gasteiger partial charge in [-0.1, -0.05) is 13.8 Å². The largest absolute Gasteiger partial charge is 0.394 e. The summed E-state index contributed by atoms with van der Waals surface area (Å²) in [4.78, 5) is 7.77. The molecule has 29 heavy (non-hydrogen) atoms. The SMILES string of the molecule is [B][C@H]1CC(C)[C@@H](CO)O1.[B][C@H]1CC(C)[C@@H](COO)O1.[B][C@H]1CC(O)[C@@H](COO)O1. The number of ether oxygens (including phenoxy) is 3. The summed E-state index contributed by atoms with van der Waals surface area (Å²) < 4.78 is 15.3. The molecule has 3 rings (SSSR count). The Morgan fingerprint density at radius 1 is 0.759 bits per heavy atom. The minimum atomic E-state index is -0.623. The second-order valence-electron chi connectivity index (χ2n) is 7.64. The average molecular weight is 412 g/mol. The molecular weight excluding hydrogens is 381 g/mol. The zero-order valence-corrected chi connectivity index (χ0v) is 17.0. The lowest BCUT2D eigenvalue weighted by Gasteiger charge is -2.11. The summed E-state index contributed by atoms with van der Waals surface area (Å²) in [6.45, 7) is 4.34.